The van der Waals surface area contributed by atoms with Crippen molar-refractivity contribution in [2.24, 2.45) is 0 Å². The maximum absolute atomic E-state index is 12.8. The molecule has 1 aliphatic rings. The van der Waals surface area contributed by atoms with E-state index >= 15 is 0 Å². The average Bonchev–Trinajstić information content (AvgIpc) is 3.04. The second-order valence-corrected chi connectivity index (χ2v) is 8.65. The molecule has 1 aliphatic heterocycles. The standard InChI is InChI=1S/C26H21Cl2N3O3/c1-16-7-12-20(27)13-21(16)30-24(32)19-10-8-17(9-11-19)14-29-23-22(28)25(33)31(26(23)34)15-18-5-3-2-4-6-18/h2-13,29H,14-15H2,1H3,(H,30,32). The molecule has 0 saturated carbocycles. The summed E-state index contributed by atoms with van der Waals surface area (Å²) in [6, 6.07) is 21.4. The Kier molecular flexibility index (Phi) is 7.01. The molecule has 0 unspecified atom stereocenters. The minimum Gasteiger partial charge on any atom is -0.375 e. The van der Waals surface area contributed by atoms with Crippen LogP contribution in [0.3, 0.4) is 0 Å². The third kappa shape index (κ3) is 5.14. The Morgan fingerprint density at radius 3 is 2.29 bits per heavy atom. The molecular formula is C26H21Cl2N3O3. The molecule has 1 heterocycles. The first kappa shape index (κ1) is 23.5. The Balaban J connectivity index is 1.38. The van der Waals surface area contributed by atoms with Gasteiger partial charge in [0.25, 0.3) is 17.7 Å². The number of imide groups is 1. The molecule has 0 spiro atoms. The van der Waals surface area contributed by atoms with Crippen LogP contribution in [0, 0.1) is 6.92 Å². The van der Waals surface area contributed by atoms with Crippen molar-refractivity contribution < 1.29 is 14.4 Å². The highest BCUT2D eigenvalue weighted by Gasteiger charge is 2.37. The van der Waals surface area contributed by atoms with Gasteiger partial charge in [0.2, 0.25) is 0 Å². The van der Waals surface area contributed by atoms with Crippen molar-refractivity contribution in [2.45, 2.75) is 20.0 Å². The molecule has 172 valence electrons. The Hall–Kier alpha value is -3.61. The fourth-order valence-electron chi connectivity index (χ4n) is 3.50. The summed E-state index contributed by atoms with van der Waals surface area (Å²) in [6.45, 7) is 2.30. The molecule has 3 aromatic carbocycles. The third-order valence-corrected chi connectivity index (χ3v) is 6.01. The number of benzene rings is 3. The molecule has 0 fully saturated rings. The second kappa shape index (κ2) is 10.1. The number of carbonyl (C=O) groups is 3. The van der Waals surface area contributed by atoms with Gasteiger partial charge in [-0.25, -0.2) is 0 Å². The molecule has 3 aromatic rings. The summed E-state index contributed by atoms with van der Waals surface area (Å²) in [5, 5.41) is 6.23. The van der Waals surface area contributed by atoms with E-state index in [2.05, 4.69) is 10.6 Å². The number of carbonyl (C=O) groups excluding carboxylic acids is 3. The van der Waals surface area contributed by atoms with Gasteiger partial charge in [0.1, 0.15) is 10.7 Å². The first-order valence-electron chi connectivity index (χ1n) is 10.5. The monoisotopic (exact) mass is 493 g/mol. The summed E-state index contributed by atoms with van der Waals surface area (Å²) in [4.78, 5) is 38.9. The number of rotatable bonds is 7. The van der Waals surface area contributed by atoms with Crippen LogP contribution in [-0.4, -0.2) is 22.6 Å². The van der Waals surface area contributed by atoms with Crippen molar-refractivity contribution in [2.75, 3.05) is 5.32 Å². The molecule has 3 amide bonds. The van der Waals surface area contributed by atoms with E-state index < -0.39 is 11.8 Å². The molecule has 0 saturated heterocycles. The Morgan fingerprint density at radius 1 is 0.882 bits per heavy atom. The molecular weight excluding hydrogens is 473 g/mol. The van der Waals surface area contributed by atoms with Crippen molar-refractivity contribution in [3.8, 4) is 0 Å². The van der Waals surface area contributed by atoms with Gasteiger partial charge in [0.15, 0.2) is 0 Å². The molecule has 6 nitrogen and oxygen atoms in total. The van der Waals surface area contributed by atoms with Crippen LogP contribution < -0.4 is 10.6 Å². The topological polar surface area (TPSA) is 78.5 Å². The highest BCUT2D eigenvalue weighted by Crippen LogP contribution is 2.25. The lowest BCUT2D eigenvalue weighted by Crippen LogP contribution is -2.33. The van der Waals surface area contributed by atoms with Crippen molar-refractivity contribution in [1.82, 2.24) is 10.2 Å². The van der Waals surface area contributed by atoms with E-state index in [0.29, 0.717) is 16.3 Å². The van der Waals surface area contributed by atoms with E-state index in [1.807, 2.05) is 43.3 Å². The second-order valence-electron chi connectivity index (χ2n) is 7.83. The van der Waals surface area contributed by atoms with E-state index in [9.17, 15) is 14.4 Å². The fraction of sp³-hybridized carbons (Fsp3) is 0.115. The number of aryl methyl sites for hydroxylation is 1. The van der Waals surface area contributed by atoms with E-state index in [1.54, 1.807) is 36.4 Å². The van der Waals surface area contributed by atoms with Gasteiger partial charge in [0, 0.05) is 22.8 Å². The van der Waals surface area contributed by atoms with Gasteiger partial charge in [-0.05, 0) is 47.9 Å². The quantitative estimate of drug-likeness (QED) is 0.453. The molecule has 34 heavy (non-hydrogen) atoms. The lowest BCUT2D eigenvalue weighted by atomic mass is 10.1. The van der Waals surface area contributed by atoms with E-state index in [4.69, 9.17) is 23.2 Å². The number of hydrogen-bond donors (Lipinski definition) is 2. The predicted octanol–water partition coefficient (Wildman–Crippen LogP) is 5.01. The van der Waals surface area contributed by atoms with Crippen LogP contribution in [-0.2, 0) is 22.7 Å². The van der Waals surface area contributed by atoms with Gasteiger partial charge < -0.3 is 10.6 Å². The third-order valence-electron chi connectivity index (χ3n) is 5.43. The van der Waals surface area contributed by atoms with Crippen LogP contribution in [0.5, 0.6) is 0 Å². The number of nitrogens with one attached hydrogen (secondary N) is 2. The van der Waals surface area contributed by atoms with Crippen LogP contribution in [0.1, 0.15) is 27.0 Å². The van der Waals surface area contributed by atoms with Crippen LogP contribution in [0.15, 0.2) is 83.5 Å². The Bertz CT molecular complexity index is 1290. The largest absolute Gasteiger partial charge is 0.375 e. The van der Waals surface area contributed by atoms with Crippen molar-refractivity contribution in [3.63, 3.8) is 0 Å². The summed E-state index contributed by atoms with van der Waals surface area (Å²) in [5.74, 6) is -1.25. The number of nitrogens with zero attached hydrogens (tertiary/aromatic N) is 1. The van der Waals surface area contributed by atoms with Crippen molar-refractivity contribution in [1.29, 1.82) is 0 Å². The maximum atomic E-state index is 12.8. The van der Waals surface area contributed by atoms with Crippen LogP contribution in [0.25, 0.3) is 0 Å². The molecule has 4 rings (SSSR count). The highest BCUT2D eigenvalue weighted by molar-refractivity contribution is 6.47. The van der Waals surface area contributed by atoms with Crippen LogP contribution in [0.2, 0.25) is 5.02 Å². The van der Waals surface area contributed by atoms with E-state index in [1.165, 1.54) is 0 Å². The van der Waals surface area contributed by atoms with Gasteiger partial charge in [-0.2, -0.15) is 0 Å². The minimum atomic E-state index is -0.527. The molecule has 0 radical (unpaired) electrons. The van der Waals surface area contributed by atoms with E-state index in [-0.39, 0.29) is 29.7 Å². The number of halogens is 2. The molecule has 2 N–H and O–H groups in total. The lowest BCUT2D eigenvalue weighted by molar-refractivity contribution is -0.138. The van der Waals surface area contributed by atoms with Gasteiger partial charge in [-0.1, -0.05) is 71.7 Å². The number of hydrogen-bond acceptors (Lipinski definition) is 4. The molecule has 8 heteroatoms. The van der Waals surface area contributed by atoms with Crippen molar-refractivity contribution in [3.05, 3.63) is 111 Å². The summed E-state index contributed by atoms with van der Waals surface area (Å²) in [7, 11) is 0. The van der Waals surface area contributed by atoms with Crippen LogP contribution >= 0.6 is 23.2 Å². The first-order chi connectivity index (χ1) is 16.3. The molecule has 0 atom stereocenters. The zero-order chi connectivity index (χ0) is 24.2. The summed E-state index contributed by atoms with van der Waals surface area (Å²) >= 11 is 12.2. The maximum Gasteiger partial charge on any atom is 0.278 e. The zero-order valence-electron chi connectivity index (χ0n) is 18.3. The van der Waals surface area contributed by atoms with Gasteiger partial charge >= 0.3 is 0 Å². The van der Waals surface area contributed by atoms with Gasteiger partial charge in [-0.3, -0.25) is 19.3 Å². The summed E-state index contributed by atoms with van der Waals surface area (Å²) in [6.07, 6.45) is 0. The SMILES string of the molecule is Cc1ccc(Cl)cc1NC(=O)c1ccc(CNC2=C(Cl)C(=O)N(Cc3ccccc3)C2=O)cc1. The molecule has 0 bridgehead atoms. The predicted molar refractivity (Wildman–Crippen MR) is 132 cm³/mol. The number of anilines is 1. The average molecular weight is 494 g/mol. The van der Waals surface area contributed by atoms with Crippen LogP contribution in [0.4, 0.5) is 5.69 Å². The summed E-state index contributed by atoms with van der Waals surface area (Å²) in [5.41, 5.74) is 3.74. The first-order valence-corrected chi connectivity index (χ1v) is 11.3. The molecule has 0 aliphatic carbocycles. The van der Waals surface area contributed by atoms with Gasteiger partial charge in [-0.15, -0.1) is 0 Å². The molecule has 0 aromatic heterocycles. The van der Waals surface area contributed by atoms with E-state index in [0.717, 1.165) is 21.6 Å². The Labute approximate surface area is 207 Å². The summed E-state index contributed by atoms with van der Waals surface area (Å²) < 4.78 is 0. The smallest absolute Gasteiger partial charge is 0.278 e. The lowest BCUT2D eigenvalue weighted by Gasteiger charge is -2.15. The normalized spacial score (nSPS) is 13.4. The van der Waals surface area contributed by atoms with Crippen molar-refractivity contribution >= 4 is 46.6 Å². The minimum absolute atomic E-state index is 0.0702. The highest BCUT2D eigenvalue weighted by atomic mass is 35.5. The fourth-order valence-corrected chi connectivity index (χ4v) is 3.92. The Morgan fingerprint density at radius 2 is 1.59 bits per heavy atom. The number of amides is 3. The van der Waals surface area contributed by atoms with Gasteiger partial charge in [0.05, 0.1) is 6.54 Å². The zero-order valence-corrected chi connectivity index (χ0v) is 19.8.